The number of aromatic nitrogens is 4. The summed E-state index contributed by atoms with van der Waals surface area (Å²) in [4.78, 5) is 34.7. The summed E-state index contributed by atoms with van der Waals surface area (Å²) in [5.41, 5.74) is 0.348. The van der Waals surface area contributed by atoms with Crippen LogP contribution >= 0.6 is 0 Å². The molecule has 0 unspecified atom stereocenters. The average molecular weight is 531 g/mol. The monoisotopic (exact) mass is 530 g/mol. The molecule has 0 amide bonds. The molecule has 218 valence electrons. The number of unbranched alkanes of at least 4 members (excludes halogenated alkanes) is 15. The number of H-pyrrole nitrogens is 1. The first-order valence-corrected chi connectivity index (χ1v) is 16.3. The summed E-state index contributed by atoms with van der Waals surface area (Å²) in [5.74, 6) is 0. The average Bonchev–Trinajstić information content (AvgIpc) is 3.40. The van der Waals surface area contributed by atoms with Crippen LogP contribution in [-0.4, -0.2) is 19.1 Å². The first kappa shape index (κ1) is 32.4. The van der Waals surface area contributed by atoms with Crippen molar-refractivity contribution in [3.05, 3.63) is 27.2 Å². The Bertz CT molecular complexity index is 962. The molecule has 0 saturated carbocycles. The van der Waals surface area contributed by atoms with Crippen molar-refractivity contribution in [3.8, 4) is 0 Å². The Labute approximate surface area is 232 Å². The number of nitrogens with zero attached hydrogens (tertiary/aromatic N) is 3. The van der Waals surface area contributed by atoms with Gasteiger partial charge in [0.2, 0.25) is 0 Å². The fourth-order valence-corrected chi connectivity index (χ4v) is 6.17. The van der Waals surface area contributed by atoms with Crippen molar-refractivity contribution in [1.82, 2.24) is 19.1 Å². The molecule has 0 aliphatic heterocycles. The third-order valence-corrected chi connectivity index (χ3v) is 8.49. The molecule has 38 heavy (non-hydrogen) atoms. The van der Waals surface area contributed by atoms with Crippen molar-refractivity contribution in [2.24, 2.45) is 0 Å². The SMILES string of the molecule is CCCCCCCCC(CCCCCCCC)(CCCCCCCC)n1c(=O)n(CC)c(=O)c2[nH]cnc21. The molecule has 0 fully saturated rings. The normalized spacial score (nSPS) is 12.1. The molecule has 1 N–H and O–H groups in total. The maximum absolute atomic E-state index is 14.0. The zero-order valence-corrected chi connectivity index (χ0v) is 25.3. The number of fused-ring (bicyclic) bond motifs is 1. The Kier molecular flexibility index (Phi) is 15.7. The second kappa shape index (κ2) is 18.4. The smallest absolute Gasteiger partial charge is 0.333 e. The Morgan fingerprint density at radius 3 is 1.50 bits per heavy atom. The van der Waals surface area contributed by atoms with E-state index >= 15 is 0 Å². The highest BCUT2D eigenvalue weighted by molar-refractivity contribution is 5.69. The van der Waals surface area contributed by atoms with E-state index in [1.807, 2.05) is 11.5 Å². The number of nitrogens with one attached hydrogen (secondary N) is 1. The highest BCUT2D eigenvalue weighted by Crippen LogP contribution is 2.36. The van der Waals surface area contributed by atoms with Crippen molar-refractivity contribution in [2.75, 3.05) is 0 Å². The fourth-order valence-electron chi connectivity index (χ4n) is 6.17. The zero-order chi connectivity index (χ0) is 27.6. The van der Waals surface area contributed by atoms with Gasteiger partial charge in [-0.25, -0.2) is 9.78 Å². The summed E-state index contributed by atoms with van der Waals surface area (Å²) in [7, 11) is 0. The number of aromatic amines is 1. The molecular weight excluding hydrogens is 472 g/mol. The van der Waals surface area contributed by atoms with Crippen LogP contribution in [0.25, 0.3) is 11.2 Å². The fraction of sp³-hybridized carbons (Fsp3) is 0.844. The Morgan fingerprint density at radius 2 is 1.08 bits per heavy atom. The van der Waals surface area contributed by atoms with E-state index in [-0.39, 0.29) is 16.8 Å². The molecule has 2 heterocycles. The van der Waals surface area contributed by atoms with Gasteiger partial charge in [-0.3, -0.25) is 13.9 Å². The van der Waals surface area contributed by atoms with E-state index in [0.717, 1.165) is 38.5 Å². The molecule has 0 aromatic carbocycles. The predicted octanol–water partition coefficient (Wildman–Crippen LogP) is 8.85. The van der Waals surface area contributed by atoms with Gasteiger partial charge in [0, 0.05) is 6.54 Å². The van der Waals surface area contributed by atoms with Gasteiger partial charge >= 0.3 is 5.69 Å². The molecular formula is C32H58N4O2. The van der Waals surface area contributed by atoms with Crippen LogP contribution < -0.4 is 11.2 Å². The zero-order valence-electron chi connectivity index (χ0n) is 25.3. The minimum Gasteiger partial charge on any atom is -0.339 e. The minimum absolute atomic E-state index is 0.167. The highest BCUT2D eigenvalue weighted by atomic mass is 16.2. The van der Waals surface area contributed by atoms with Crippen LogP contribution in [0.4, 0.5) is 0 Å². The summed E-state index contributed by atoms with van der Waals surface area (Å²) in [6, 6.07) is 0. The van der Waals surface area contributed by atoms with Gasteiger partial charge in [-0.1, -0.05) is 136 Å². The van der Waals surface area contributed by atoms with Crippen LogP contribution in [0, 0.1) is 0 Å². The Morgan fingerprint density at radius 1 is 0.658 bits per heavy atom. The molecule has 0 aliphatic rings. The molecule has 2 aromatic heterocycles. The van der Waals surface area contributed by atoms with Gasteiger partial charge in [-0.2, -0.15) is 0 Å². The topological polar surface area (TPSA) is 72.7 Å². The Hall–Kier alpha value is -1.85. The van der Waals surface area contributed by atoms with Crippen molar-refractivity contribution in [2.45, 2.75) is 175 Å². The van der Waals surface area contributed by atoms with E-state index < -0.39 is 0 Å². The van der Waals surface area contributed by atoms with Crippen molar-refractivity contribution < 1.29 is 0 Å². The Balaban J connectivity index is 2.42. The lowest BCUT2D eigenvalue weighted by atomic mass is 9.81. The van der Waals surface area contributed by atoms with E-state index in [0.29, 0.717) is 17.7 Å². The second-order valence-electron chi connectivity index (χ2n) is 11.5. The number of hydrogen-bond donors (Lipinski definition) is 1. The summed E-state index contributed by atoms with van der Waals surface area (Å²) >= 11 is 0. The highest BCUT2D eigenvalue weighted by Gasteiger charge is 2.35. The molecule has 0 radical (unpaired) electrons. The summed E-state index contributed by atoms with van der Waals surface area (Å²) in [5, 5.41) is 0. The van der Waals surface area contributed by atoms with Gasteiger partial charge in [0.25, 0.3) is 5.56 Å². The number of hydrogen-bond acceptors (Lipinski definition) is 3. The molecule has 2 rings (SSSR count). The lowest BCUT2D eigenvalue weighted by Crippen LogP contribution is -2.49. The molecule has 6 nitrogen and oxygen atoms in total. The van der Waals surface area contributed by atoms with E-state index in [1.54, 1.807) is 6.33 Å². The van der Waals surface area contributed by atoms with Gasteiger partial charge in [0.15, 0.2) is 5.65 Å². The minimum atomic E-state index is -0.282. The van der Waals surface area contributed by atoms with Crippen LogP contribution in [0.5, 0.6) is 0 Å². The molecule has 6 heteroatoms. The van der Waals surface area contributed by atoms with E-state index in [4.69, 9.17) is 0 Å². The first-order valence-electron chi connectivity index (χ1n) is 16.3. The lowest BCUT2D eigenvalue weighted by Gasteiger charge is -2.37. The molecule has 0 atom stereocenters. The van der Waals surface area contributed by atoms with Crippen molar-refractivity contribution in [1.29, 1.82) is 0 Å². The van der Waals surface area contributed by atoms with E-state index in [1.165, 1.54) is 101 Å². The maximum atomic E-state index is 14.0. The standard InChI is InChI=1S/C32H58N4O2/c1-5-9-12-15-18-21-24-32(25-22-19-16-13-10-6-2,26-23-20-17-14-11-7-3)36-29-28(33-27-34-29)30(37)35(8-4)31(36)38/h27H,5-26H2,1-4H3,(H,33,34). The van der Waals surface area contributed by atoms with Gasteiger partial charge in [-0.05, 0) is 26.2 Å². The number of rotatable bonds is 23. The van der Waals surface area contributed by atoms with Crippen LogP contribution in [-0.2, 0) is 12.1 Å². The third kappa shape index (κ3) is 9.41. The molecule has 0 aliphatic carbocycles. The lowest BCUT2D eigenvalue weighted by molar-refractivity contribution is 0.192. The van der Waals surface area contributed by atoms with Crippen LogP contribution in [0.15, 0.2) is 15.9 Å². The summed E-state index contributed by atoms with van der Waals surface area (Å²) < 4.78 is 3.40. The quantitative estimate of drug-likeness (QED) is 0.146. The van der Waals surface area contributed by atoms with Gasteiger partial charge in [0.05, 0.1) is 11.9 Å². The van der Waals surface area contributed by atoms with E-state index in [2.05, 4.69) is 30.7 Å². The van der Waals surface area contributed by atoms with Gasteiger partial charge in [-0.15, -0.1) is 0 Å². The molecule has 0 spiro atoms. The molecule has 2 aromatic rings. The van der Waals surface area contributed by atoms with Crippen LogP contribution in [0.3, 0.4) is 0 Å². The summed E-state index contributed by atoms with van der Waals surface area (Å²) in [6.07, 6.45) is 26.9. The van der Waals surface area contributed by atoms with Gasteiger partial charge in [0.1, 0.15) is 5.52 Å². The first-order chi connectivity index (χ1) is 18.6. The largest absolute Gasteiger partial charge is 0.339 e. The van der Waals surface area contributed by atoms with E-state index in [9.17, 15) is 9.59 Å². The second-order valence-corrected chi connectivity index (χ2v) is 11.5. The van der Waals surface area contributed by atoms with Gasteiger partial charge < -0.3 is 4.98 Å². The van der Waals surface area contributed by atoms with Crippen molar-refractivity contribution in [3.63, 3.8) is 0 Å². The van der Waals surface area contributed by atoms with Crippen LogP contribution in [0.2, 0.25) is 0 Å². The number of imidazole rings is 1. The molecule has 0 bridgehead atoms. The van der Waals surface area contributed by atoms with Crippen molar-refractivity contribution >= 4 is 11.2 Å². The molecule has 0 saturated heterocycles. The summed E-state index contributed by atoms with van der Waals surface area (Å²) in [6.45, 7) is 9.06. The maximum Gasteiger partial charge on any atom is 0.333 e. The predicted molar refractivity (Wildman–Crippen MR) is 162 cm³/mol. The van der Waals surface area contributed by atoms with Crippen LogP contribution in [0.1, 0.15) is 163 Å². The third-order valence-electron chi connectivity index (χ3n) is 8.49.